The van der Waals surface area contributed by atoms with Crippen LogP contribution in [-0.4, -0.2) is 43.7 Å². The maximum atomic E-state index is 11.5. The van der Waals surface area contributed by atoms with Gasteiger partial charge in [0.2, 0.25) is 0 Å². The minimum Gasteiger partial charge on any atom is -0.466 e. The van der Waals surface area contributed by atoms with E-state index in [1.54, 1.807) is 0 Å². The van der Waals surface area contributed by atoms with Crippen LogP contribution in [0.3, 0.4) is 0 Å². The fourth-order valence-electron chi connectivity index (χ4n) is 3.95. The zero-order valence-electron chi connectivity index (χ0n) is 16.1. The molecule has 0 bridgehead atoms. The van der Waals surface area contributed by atoms with Crippen LogP contribution in [0.5, 0.6) is 0 Å². The van der Waals surface area contributed by atoms with Gasteiger partial charge < -0.3 is 14.4 Å². The molecule has 1 heterocycles. The summed E-state index contributed by atoms with van der Waals surface area (Å²) in [6, 6.07) is 10.4. The van der Waals surface area contributed by atoms with E-state index in [4.69, 9.17) is 9.47 Å². The number of carbonyl (C=O) groups is 1. The van der Waals surface area contributed by atoms with Gasteiger partial charge in [0, 0.05) is 18.4 Å². The molecule has 1 aromatic carbocycles. The van der Waals surface area contributed by atoms with Crippen molar-refractivity contribution in [3.05, 3.63) is 35.9 Å². The van der Waals surface area contributed by atoms with Crippen molar-refractivity contribution in [2.24, 2.45) is 11.3 Å². The molecule has 1 saturated heterocycles. The average molecular weight is 360 g/mol. The van der Waals surface area contributed by atoms with E-state index >= 15 is 0 Å². The minimum absolute atomic E-state index is 0.0394. The molecule has 4 nitrogen and oxygen atoms in total. The van der Waals surface area contributed by atoms with Crippen molar-refractivity contribution in [2.75, 3.05) is 32.8 Å². The molecular formula is C22H33NO3. The number of ether oxygens (including phenoxy) is 2. The van der Waals surface area contributed by atoms with Crippen LogP contribution in [-0.2, 0) is 20.9 Å². The Labute approximate surface area is 157 Å². The lowest BCUT2D eigenvalue weighted by Crippen LogP contribution is -2.39. The van der Waals surface area contributed by atoms with Gasteiger partial charge >= 0.3 is 5.97 Å². The summed E-state index contributed by atoms with van der Waals surface area (Å²) in [5, 5.41) is 0. The number of rotatable bonds is 10. The van der Waals surface area contributed by atoms with Crippen LogP contribution in [0.25, 0.3) is 0 Å². The maximum Gasteiger partial charge on any atom is 0.305 e. The molecule has 0 spiro atoms. The Morgan fingerprint density at radius 3 is 2.58 bits per heavy atom. The zero-order chi connectivity index (χ0) is 18.2. The third-order valence-electron chi connectivity index (χ3n) is 5.81. The average Bonchev–Trinajstić information content (AvgIpc) is 3.42. The van der Waals surface area contributed by atoms with Crippen molar-refractivity contribution in [1.29, 1.82) is 0 Å². The van der Waals surface area contributed by atoms with E-state index in [2.05, 4.69) is 29.2 Å². The van der Waals surface area contributed by atoms with Crippen molar-refractivity contribution in [1.82, 2.24) is 4.90 Å². The topological polar surface area (TPSA) is 38.8 Å². The Balaban J connectivity index is 1.32. The second kappa shape index (κ2) is 9.52. The van der Waals surface area contributed by atoms with E-state index < -0.39 is 0 Å². The van der Waals surface area contributed by atoms with Crippen LogP contribution in [0.1, 0.15) is 51.0 Å². The highest BCUT2D eigenvalue weighted by Gasteiger charge is 2.44. The van der Waals surface area contributed by atoms with Gasteiger partial charge in [0.05, 0.1) is 19.8 Å². The molecule has 4 heteroatoms. The summed E-state index contributed by atoms with van der Waals surface area (Å²) in [6.45, 7) is 7.46. The summed E-state index contributed by atoms with van der Waals surface area (Å²) in [5.41, 5.74) is 1.65. The fraction of sp³-hybridized carbons (Fsp3) is 0.682. The van der Waals surface area contributed by atoms with E-state index in [-0.39, 0.29) is 5.97 Å². The van der Waals surface area contributed by atoms with Crippen molar-refractivity contribution in [3.63, 3.8) is 0 Å². The molecule has 3 rings (SSSR count). The SMILES string of the molecule is CCOC(=O)CCC1CCN(CC2(COCc3ccccc3)CC2)CC1. The van der Waals surface area contributed by atoms with E-state index in [1.807, 2.05) is 13.0 Å². The maximum absolute atomic E-state index is 11.5. The van der Waals surface area contributed by atoms with Crippen LogP contribution in [0.15, 0.2) is 30.3 Å². The van der Waals surface area contributed by atoms with E-state index in [0.717, 1.165) is 32.7 Å². The predicted octanol–water partition coefficient (Wildman–Crippen LogP) is 4.04. The van der Waals surface area contributed by atoms with Crippen molar-refractivity contribution in [3.8, 4) is 0 Å². The molecule has 1 saturated carbocycles. The number of nitrogens with zero attached hydrogens (tertiary/aromatic N) is 1. The molecule has 2 aliphatic rings. The molecule has 26 heavy (non-hydrogen) atoms. The first-order valence-electron chi connectivity index (χ1n) is 10.2. The van der Waals surface area contributed by atoms with E-state index in [1.165, 1.54) is 37.8 Å². The molecule has 0 aromatic heterocycles. The first-order chi connectivity index (χ1) is 12.7. The summed E-state index contributed by atoms with van der Waals surface area (Å²) < 4.78 is 11.1. The Morgan fingerprint density at radius 1 is 1.19 bits per heavy atom. The third-order valence-corrected chi connectivity index (χ3v) is 5.81. The van der Waals surface area contributed by atoms with Crippen molar-refractivity contribution >= 4 is 5.97 Å². The van der Waals surface area contributed by atoms with Crippen LogP contribution >= 0.6 is 0 Å². The van der Waals surface area contributed by atoms with Crippen LogP contribution in [0.2, 0.25) is 0 Å². The molecule has 0 N–H and O–H groups in total. The summed E-state index contributed by atoms with van der Waals surface area (Å²) in [6.07, 6.45) is 6.57. The number of hydrogen-bond donors (Lipinski definition) is 0. The van der Waals surface area contributed by atoms with Gasteiger partial charge in [-0.15, -0.1) is 0 Å². The largest absolute Gasteiger partial charge is 0.466 e. The minimum atomic E-state index is -0.0394. The second-order valence-corrected chi connectivity index (χ2v) is 8.04. The molecule has 1 aliphatic heterocycles. The molecule has 144 valence electrons. The van der Waals surface area contributed by atoms with Crippen molar-refractivity contribution < 1.29 is 14.3 Å². The van der Waals surface area contributed by atoms with Gasteiger partial charge in [-0.05, 0) is 63.6 Å². The number of esters is 1. The standard InChI is InChI=1S/C22H33NO3/c1-2-26-21(24)9-8-19-10-14-23(15-11-19)17-22(12-13-22)18-25-16-20-6-4-3-5-7-20/h3-7,19H,2,8-18H2,1H3. The highest BCUT2D eigenvalue weighted by molar-refractivity contribution is 5.69. The predicted molar refractivity (Wildman–Crippen MR) is 103 cm³/mol. The number of likely N-dealkylation sites (tertiary alicyclic amines) is 1. The van der Waals surface area contributed by atoms with Gasteiger partial charge in [-0.2, -0.15) is 0 Å². The first kappa shape index (κ1) is 19.4. The highest BCUT2D eigenvalue weighted by atomic mass is 16.5. The fourth-order valence-corrected chi connectivity index (χ4v) is 3.95. The second-order valence-electron chi connectivity index (χ2n) is 8.04. The van der Waals surface area contributed by atoms with Gasteiger partial charge in [0.1, 0.15) is 0 Å². The van der Waals surface area contributed by atoms with Crippen LogP contribution in [0, 0.1) is 11.3 Å². The van der Waals surface area contributed by atoms with Crippen LogP contribution < -0.4 is 0 Å². The summed E-state index contributed by atoms with van der Waals surface area (Å²) >= 11 is 0. The molecule has 2 fully saturated rings. The van der Waals surface area contributed by atoms with E-state index in [9.17, 15) is 4.79 Å². The molecule has 1 aromatic rings. The molecule has 0 unspecified atom stereocenters. The van der Waals surface area contributed by atoms with Gasteiger partial charge in [-0.25, -0.2) is 0 Å². The number of piperidine rings is 1. The lowest BCUT2D eigenvalue weighted by Gasteiger charge is -2.34. The highest BCUT2D eigenvalue weighted by Crippen LogP contribution is 2.47. The summed E-state index contributed by atoms with van der Waals surface area (Å²) in [5.74, 6) is 0.641. The molecule has 0 radical (unpaired) electrons. The Bertz CT molecular complexity index is 548. The van der Waals surface area contributed by atoms with Gasteiger partial charge in [-0.3, -0.25) is 4.79 Å². The summed E-state index contributed by atoms with van der Waals surface area (Å²) in [7, 11) is 0. The first-order valence-corrected chi connectivity index (χ1v) is 10.2. The van der Waals surface area contributed by atoms with Gasteiger partial charge in [0.25, 0.3) is 0 Å². The Morgan fingerprint density at radius 2 is 1.92 bits per heavy atom. The lowest BCUT2D eigenvalue weighted by molar-refractivity contribution is -0.143. The lowest BCUT2D eigenvalue weighted by atomic mass is 9.91. The zero-order valence-corrected chi connectivity index (χ0v) is 16.1. The summed E-state index contributed by atoms with van der Waals surface area (Å²) in [4.78, 5) is 14.1. The van der Waals surface area contributed by atoms with Gasteiger partial charge in [0.15, 0.2) is 0 Å². The van der Waals surface area contributed by atoms with Crippen molar-refractivity contribution in [2.45, 2.75) is 52.1 Å². The number of carbonyl (C=O) groups excluding carboxylic acids is 1. The Hall–Kier alpha value is -1.39. The third kappa shape index (κ3) is 6.10. The molecule has 1 aliphatic carbocycles. The monoisotopic (exact) mass is 359 g/mol. The van der Waals surface area contributed by atoms with Crippen LogP contribution in [0.4, 0.5) is 0 Å². The quantitative estimate of drug-likeness (QED) is 0.591. The molecular weight excluding hydrogens is 326 g/mol. The molecule has 0 amide bonds. The van der Waals surface area contributed by atoms with E-state index in [0.29, 0.717) is 24.4 Å². The number of benzene rings is 1. The normalized spacial score (nSPS) is 20.0. The Kier molecular flexibility index (Phi) is 7.09. The number of hydrogen-bond acceptors (Lipinski definition) is 4. The van der Waals surface area contributed by atoms with Gasteiger partial charge in [-0.1, -0.05) is 30.3 Å². The smallest absolute Gasteiger partial charge is 0.305 e. The molecule has 0 atom stereocenters.